The number of aryl methyl sites for hydroxylation is 1. The molecule has 1 aliphatic rings. The van der Waals surface area contributed by atoms with E-state index in [1.807, 2.05) is 6.20 Å². The molecular weight excluding hydrogens is 261 g/mol. The molecule has 4 heteroatoms. The molecule has 0 aliphatic carbocycles. The molecule has 2 heterocycles. The highest BCUT2D eigenvalue weighted by Gasteiger charge is 2.51. The normalized spacial score (nSPS) is 20.1. The van der Waals surface area contributed by atoms with E-state index in [1.54, 1.807) is 0 Å². The zero-order valence-corrected chi connectivity index (χ0v) is 13.4. The summed E-state index contributed by atoms with van der Waals surface area (Å²) in [5.41, 5.74) is 1.56. The Kier molecular flexibility index (Phi) is 3.34. The smallest absolute Gasteiger partial charge is 0.399 e. The van der Waals surface area contributed by atoms with Crippen LogP contribution in [-0.4, -0.2) is 23.3 Å². The summed E-state index contributed by atoms with van der Waals surface area (Å²) >= 11 is 0. The molecule has 0 N–H and O–H groups in total. The van der Waals surface area contributed by atoms with Crippen molar-refractivity contribution in [1.29, 1.82) is 0 Å². The molecule has 1 aromatic carbocycles. The van der Waals surface area contributed by atoms with Crippen molar-refractivity contribution in [3.05, 3.63) is 36.2 Å². The monoisotopic (exact) mass is 283 g/mol. The van der Waals surface area contributed by atoms with E-state index in [4.69, 9.17) is 9.31 Å². The van der Waals surface area contributed by atoms with E-state index in [1.165, 1.54) is 5.39 Å². The lowest BCUT2D eigenvalue weighted by Gasteiger charge is -2.32. The van der Waals surface area contributed by atoms with Gasteiger partial charge in [-0.1, -0.05) is 25.1 Å². The fraction of sp³-hybridized carbons (Fsp3) is 0.471. The van der Waals surface area contributed by atoms with Crippen molar-refractivity contribution >= 4 is 23.4 Å². The Balaban J connectivity index is 1.98. The lowest BCUT2D eigenvalue weighted by molar-refractivity contribution is 0.00578. The Labute approximate surface area is 126 Å². The van der Waals surface area contributed by atoms with Gasteiger partial charge in [0.05, 0.1) is 11.2 Å². The third-order valence-electron chi connectivity index (χ3n) is 4.69. The van der Waals surface area contributed by atoms with Gasteiger partial charge in [-0.05, 0) is 56.4 Å². The predicted octanol–water partition coefficient (Wildman–Crippen LogP) is 3.10. The molecule has 1 aromatic heterocycles. The van der Waals surface area contributed by atoms with Gasteiger partial charge in [-0.3, -0.25) is 4.98 Å². The zero-order chi connectivity index (χ0) is 15.3. The summed E-state index contributed by atoms with van der Waals surface area (Å²) in [7, 11) is -0.308. The Hall–Kier alpha value is -1.39. The van der Waals surface area contributed by atoms with Gasteiger partial charge in [-0.2, -0.15) is 0 Å². The van der Waals surface area contributed by atoms with Crippen LogP contribution in [0.5, 0.6) is 0 Å². The number of hydrogen-bond donors (Lipinski definition) is 0. The summed E-state index contributed by atoms with van der Waals surface area (Å²) in [6.45, 7) is 10.4. The number of hydrogen-bond acceptors (Lipinski definition) is 3. The first-order valence-electron chi connectivity index (χ1n) is 7.56. The molecule has 0 radical (unpaired) electrons. The van der Waals surface area contributed by atoms with E-state index in [2.05, 4.69) is 63.9 Å². The van der Waals surface area contributed by atoms with Crippen LogP contribution in [0, 0.1) is 0 Å². The molecule has 21 heavy (non-hydrogen) atoms. The van der Waals surface area contributed by atoms with E-state index in [0.29, 0.717) is 0 Å². The lowest BCUT2D eigenvalue weighted by Crippen LogP contribution is -2.41. The Morgan fingerprint density at radius 2 is 1.67 bits per heavy atom. The lowest BCUT2D eigenvalue weighted by atomic mass is 9.78. The highest BCUT2D eigenvalue weighted by atomic mass is 16.7. The maximum Gasteiger partial charge on any atom is 0.494 e. The average molecular weight is 283 g/mol. The summed E-state index contributed by atoms with van der Waals surface area (Å²) in [6.07, 6.45) is 2.87. The number of aromatic nitrogens is 1. The van der Waals surface area contributed by atoms with Crippen LogP contribution in [0.1, 0.15) is 40.3 Å². The highest BCUT2D eigenvalue weighted by Crippen LogP contribution is 2.36. The van der Waals surface area contributed by atoms with E-state index < -0.39 is 0 Å². The van der Waals surface area contributed by atoms with Gasteiger partial charge in [0.1, 0.15) is 0 Å². The number of fused-ring (bicyclic) bond motifs is 1. The summed E-state index contributed by atoms with van der Waals surface area (Å²) in [5, 5.41) is 2.33. The van der Waals surface area contributed by atoms with Crippen molar-refractivity contribution in [3.8, 4) is 0 Å². The number of pyridine rings is 1. The molecule has 1 aliphatic heterocycles. The maximum atomic E-state index is 6.12. The molecule has 3 nitrogen and oxygen atoms in total. The fourth-order valence-electron chi connectivity index (χ4n) is 2.52. The van der Waals surface area contributed by atoms with Gasteiger partial charge < -0.3 is 9.31 Å². The van der Waals surface area contributed by atoms with Gasteiger partial charge in [-0.15, -0.1) is 0 Å². The Morgan fingerprint density at radius 1 is 1.00 bits per heavy atom. The van der Waals surface area contributed by atoms with E-state index >= 15 is 0 Å². The van der Waals surface area contributed by atoms with Crippen LogP contribution in [0.15, 0.2) is 30.5 Å². The van der Waals surface area contributed by atoms with Crippen molar-refractivity contribution in [2.24, 2.45) is 0 Å². The highest BCUT2D eigenvalue weighted by molar-refractivity contribution is 6.62. The first-order chi connectivity index (χ1) is 9.82. The van der Waals surface area contributed by atoms with E-state index in [-0.39, 0.29) is 18.3 Å². The minimum atomic E-state index is -0.308. The molecule has 0 atom stereocenters. The van der Waals surface area contributed by atoms with Crippen molar-refractivity contribution in [2.45, 2.75) is 52.2 Å². The minimum Gasteiger partial charge on any atom is -0.399 e. The van der Waals surface area contributed by atoms with Gasteiger partial charge in [0.15, 0.2) is 0 Å². The van der Waals surface area contributed by atoms with Crippen LogP contribution in [-0.2, 0) is 15.7 Å². The van der Waals surface area contributed by atoms with Gasteiger partial charge in [0, 0.05) is 11.9 Å². The molecule has 110 valence electrons. The SMILES string of the molecule is CCc1cc2cc(B3OC(C)(C)C(C)(C)O3)ccc2cn1. The Bertz CT molecular complexity index is 666. The van der Waals surface area contributed by atoms with Gasteiger partial charge in [0.25, 0.3) is 0 Å². The third kappa shape index (κ3) is 2.47. The van der Waals surface area contributed by atoms with Crippen molar-refractivity contribution < 1.29 is 9.31 Å². The third-order valence-corrected chi connectivity index (χ3v) is 4.69. The molecule has 1 fully saturated rings. The van der Waals surface area contributed by atoms with Crippen LogP contribution >= 0.6 is 0 Å². The molecule has 0 unspecified atom stereocenters. The van der Waals surface area contributed by atoms with Crippen LogP contribution in [0.25, 0.3) is 10.8 Å². The molecular formula is C17H22BNO2. The first-order valence-corrected chi connectivity index (χ1v) is 7.56. The number of rotatable bonds is 2. The van der Waals surface area contributed by atoms with E-state index in [9.17, 15) is 0 Å². The van der Waals surface area contributed by atoms with Crippen LogP contribution in [0.4, 0.5) is 0 Å². The predicted molar refractivity (Wildman–Crippen MR) is 86.8 cm³/mol. The van der Waals surface area contributed by atoms with Gasteiger partial charge in [0.2, 0.25) is 0 Å². The number of benzene rings is 1. The van der Waals surface area contributed by atoms with Gasteiger partial charge in [-0.25, -0.2) is 0 Å². The van der Waals surface area contributed by atoms with Crippen molar-refractivity contribution in [1.82, 2.24) is 4.98 Å². The molecule has 0 amide bonds. The summed E-state index contributed by atoms with van der Waals surface area (Å²) in [4.78, 5) is 4.44. The van der Waals surface area contributed by atoms with Crippen molar-refractivity contribution in [3.63, 3.8) is 0 Å². The first kappa shape index (κ1) is 14.5. The summed E-state index contributed by atoms with van der Waals surface area (Å²) < 4.78 is 12.2. The topological polar surface area (TPSA) is 31.4 Å². The quantitative estimate of drug-likeness (QED) is 0.794. The maximum absolute atomic E-state index is 6.12. The molecule has 0 saturated carbocycles. The second kappa shape index (κ2) is 4.82. The second-order valence-corrected chi connectivity index (χ2v) is 6.72. The van der Waals surface area contributed by atoms with Crippen molar-refractivity contribution in [2.75, 3.05) is 0 Å². The largest absolute Gasteiger partial charge is 0.494 e. The van der Waals surface area contributed by atoms with Crippen LogP contribution < -0.4 is 5.46 Å². The average Bonchev–Trinajstić information content (AvgIpc) is 2.66. The summed E-state index contributed by atoms with van der Waals surface area (Å²) in [5.74, 6) is 0. The molecule has 0 bridgehead atoms. The number of nitrogens with zero attached hydrogens (tertiary/aromatic N) is 1. The molecule has 2 aromatic rings. The van der Waals surface area contributed by atoms with Gasteiger partial charge >= 0.3 is 7.12 Å². The zero-order valence-electron chi connectivity index (χ0n) is 13.4. The summed E-state index contributed by atoms with van der Waals surface area (Å²) in [6, 6.07) is 8.45. The van der Waals surface area contributed by atoms with Crippen LogP contribution in [0.2, 0.25) is 0 Å². The molecule has 1 saturated heterocycles. The molecule has 0 spiro atoms. The molecule has 3 rings (SSSR count). The minimum absolute atomic E-state index is 0.306. The Morgan fingerprint density at radius 3 is 2.29 bits per heavy atom. The standard InChI is InChI=1S/C17H22BNO2/c1-6-15-10-13-9-14(8-7-12(13)11-19-15)18-20-16(2,3)17(4,5)21-18/h7-11H,6H2,1-5H3. The second-order valence-electron chi connectivity index (χ2n) is 6.72. The van der Waals surface area contributed by atoms with E-state index in [0.717, 1.165) is 23.0 Å². The van der Waals surface area contributed by atoms with Crippen LogP contribution in [0.3, 0.4) is 0 Å². The fourth-order valence-corrected chi connectivity index (χ4v) is 2.52.